The van der Waals surface area contributed by atoms with Gasteiger partial charge in [-0.15, -0.1) is 12.4 Å². The molecule has 7 heteroatoms. The highest BCUT2D eigenvalue weighted by Gasteiger charge is 2.18. The molecule has 2 aromatic carbocycles. The minimum absolute atomic E-state index is 0. The number of rotatable bonds is 4. The Morgan fingerprint density at radius 2 is 1.91 bits per heavy atom. The van der Waals surface area contributed by atoms with Gasteiger partial charge in [0.1, 0.15) is 5.82 Å². The third-order valence-electron chi connectivity index (χ3n) is 3.88. The molecule has 0 aromatic heterocycles. The van der Waals surface area contributed by atoms with E-state index in [1.807, 2.05) is 18.2 Å². The number of benzene rings is 2. The highest BCUT2D eigenvalue weighted by molar-refractivity contribution is 7.89. The van der Waals surface area contributed by atoms with E-state index in [1.165, 1.54) is 36.2 Å². The van der Waals surface area contributed by atoms with Gasteiger partial charge in [-0.1, -0.05) is 24.3 Å². The topological polar surface area (TPSA) is 58.2 Å². The maximum Gasteiger partial charge on any atom is 0.241 e. The number of nitrogens with one attached hydrogen (secondary N) is 2. The largest absolute Gasteiger partial charge is 0.309 e. The Labute approximate surface area is 141 Å². The molecule has 4 nitrogen and oxygen atoms in total. The summed E-state index contributed by atoms with van der Waals surface area (Å²) < 4.78 is 40.7. The van der Waals surface area contributed by atoms with Gasteiger partial charge in [0.2, 0.25) is 10.0 Å². The van der Waals surface area contributed by atoms with Gasteiger partial charge in [-0.05, 0) is 35.7 Å². The third kappa shape index (κ3) is 3.72. The van der Waals surface area contributed by atoms with Crippen LogP contribution in [0, 0.1) is 12.7 Å². The molecular weight excluding hydrogens is 339 g/mol. The van der Waals surface area contributed by atoms with E-state index >= 15 is 0 Å². The lowest BCUT2D eigenvalue weighted by Crippen LogP contribution is -2.24. The number of fused-ring (bicyclic) bond motifs is 1. The van der Waals surface area contributed by atoms with E-state index < -0.39 is 15.8 Å². The smallest absolute Gasteiger partial charge is 0.241 e. The number of hydrogen-bond acceptors (Lipinski definition) is 3. The highest BCUT2D eigenvalue weighted by Crippen LogP contribution is 2.19. The van der Waals surface area contributed by atoms with Gasteiger partial charge < -0.3 is 5.32 Å². The fourth-order valence-corrected chi connectivity index (χ4v) is 3.86. The second-order valence-electron chi connectivity index (χ2n) is 5.39. The number of hydrogen-bond donors (Lipinski definition) is 2. The quantitative estimate of drug-likeness (QED) is 0.885. The first kappa shape index (κ1) is 17.9. The van der Waals surface area contributed by atoms with E-state index in [9.17, 15) is 12.8 Å². The Hall–Kier alpha value is -1.47. The Morgan fingerprint density at radius 3 is 2.70 bits per heavy atom. The summed E-state index contributed by atoms with van der Waals surface area (Å²) in [5.41, 5.74) is 3.46. The van der Waals surface area contributed by atoms with Crippen molar-refractivity contribution in [2.24, 2.45) is 0 Å². The van der Waals surface area contributed by atoms with Crippen LogP contribution in [0.3, 0.4) is 0 Å². The summed E-state index contributed by atoms with van der Waals surface area (Å²) >= 11 is 0. The molecule has 2 aromatic rings. The molecule has 124 valence electrons. The predicted molar refractivity (Wildman–Crippen MR) is 89.4 cm³/mol. The zero-order valence-corrected chi connectivity index (χ0v) is 14.2. The van der Waals surface area contributed by atoms with Crippen LogP contribution in [0.2, 0.25) is 0 Å². The van der Waals surface area contributed by atoms with Gasteiger partial charge in [0.15, 0.2) is 0 Å². The molecule has 1 aliphatic rings. The van der Waals surface area contributed by atoms with Crippen molar-refractivity contribution >= 4 is 22.4 Å². The first-order chi connectivity index (χ1) is 10.5. The monoisotopic (exact) mass is 356 g/mol. The average Bonchev–Trinajstić information content (AvgIpc) is 2.95. The van der Waals surface area contributed by atoms with E-state index in [-0.39, 0.29) is 29.4 Å². The molecule has 0 amide bonds. The first-order valence-electron chi connectivity index (χ1n) is 7.03. The molecule has 1 heterocycles. The van der Waals surface area contributed by atoms with Gasteiger partial charge in [-0.2, -0.15) is 0 Å². The second-order valence-corrected chi connectivity index (χ2v) is 7.13. The SMILES string of the molecule is Cc1c(F)cccc1S(=O)(=O)NCc1ccc2c(c1)CNC2.Cl. The van der Waals surface area contributed by atoms with Crippen LogP contribution in [0.5, 0.6) is 0 Å². The van der Waals surface area contributed by atoms with Gasteiger partial charge in [-0.3, -0.25) is 0 Å². The van der Waals surface area contributed by atoms with Crippen LogP contribution < -0.4 is 10.0 Å². The Bertz CT molecular complexity index is 825. The molecule has 1 aliphatic heterocycles. The standard InChI is InChI=1S/C16H17FN2O2S.ClH/c1-11-15(17)3-2-4-16(11)22(20,21)19-8-12-5-6-13-9-18-10-14(13)7-12;/h2-7,18-19H,8-10H2,1H3;1H. The van der Waals surface area contributed by atoms with Crippen molar-refractivity contribution in [1.82, 2.24) is 10.0 Å². The molecule has 0 bridgehead atoms. The van der Waals surface area contributed by atoms with Crippen LogP contribution in [-0.2, 0) is 29.7 Å². The third-order valence-corrected chi connectivity index (χ3v) is 5.42. The van der Waals surface area contributed by atoms with E-state index in [2.05, 4.69) is 10.0 Å². The average molecular weight is 357 g/mol. The normalized spacial score (nSPS) is 13.5. The van der Waals surface area contributed by atoms with Gasteiger partial charge in [0.25, 0.3) is 0 Å². The van der Waals surface area contributed by atoms with Crippen molar-refractivity contribution in [1.29, 1.82) is 0 Å². The van der Waals surface area contributed by atoms with Crippen molar-refractivity contribution in [3.63, 3.8) is 0 Å². The predicted octanol–water partition coefficient (Wildman–Crippen LogP) is 2.64. The lowest BCUT2D eigenvalue weighted by Gasteiger charge is -2.10. The van der Waals surface area contributed by atoms with Gasteiger partial charge in [0, 0.05) is 25.2 Å². The Morgan fingerprint density at radius 1 is 1.17 bits per heavy atom. The maximum absolute atomic E-state index is 13.5. The molecule has 23 heavy (non-hydrogen) atoms. The van der Waals surface area contributed by atoms with Crippen molar-refractivity contribution in [2.75, 3.05) is 0 Å². The maximum atomic E-state index is 13.5. The minimum Gasteiger partial charge on any atom is -0.309 e. The lowest BCUT2D eigenvalue weighted by molar-refractivity contribution is 0.574. The molecule has 2 N–H and O–H groups in total. The number of halogens is 2. The van der Waals surface area contributed by atoms with Crippen LogP contribution >= 0.6 is 12.4 Å². The molecule has 0 spiro atoms. The van der Waals surface area contributed by atoms with Crippen LogP contribution in [0.1, 0.15) is 22.3 Å². The van der Waals surface area contributed by atoms with Crippen molar-refractivity contribution in [2.45, 2.75) is 31.5 Å². The summed E-state index contributed by atoms with van der Waals surface area (Å²) in [5.74, 6) is -0.522. The Balaban J connectivity index is 0.00000192. The van der Waals surface area contributed by atoms with Crippen molar-refractivity contribution in [3.8, 4) is 0 Å². The molecule has 0 saturated carbocycles. The van der Waals surface area contributed by atoms with Gasteiger partial charge >= 0.3 is 0 Å². The summed E-state index contributed by atoms with van der Waals surface area (Å²) in [4.78, 5) is -0.0182. The zero-order valence-electron chi connectivity index (χ0n) is 12.6. The summed E-state index contributed by atoms with van der Waals surface area (Å²) in [6.45, 7) is 3.30. The molecule has 0 unspecified atom stereocenters. The molecule has 3 rings (SSSR count). The highest BCUT2D eigenvalue weighted by atomic mass is 35.5. The van der Waals surface area contributed by atoms with Crippen LogP contribution in [0.25, 0.3) is 0 Å². The fourth-order valence-electron chi connectivity index (χ4n) is 2.59. The minimum atomic E-state index is -3.73. The van der Waals surface area contributed by atoms with E-state index in [0.717, 1.165) is 18.7 Å². The van der Waals surface area contributed by atoms with Crippen LogP contribution in [0.15, 0.2) is 41.3 Å². The van der Waals surface area contributed by atoms with E-state index in [1.54, 1.807) is 0 Å². The molecule has 0 atom stereocenters. The number of sulfonamides is 1. The van der Waals surface area contributed by atoms with Gasteiger partial charge in [0.05, 0.1) is 4.90 Å². The van der Waals surface area contributed by atoms with E-state index in [0.29, 0.717) is 0 Å². The molecule has 0 saturated heterocycles. The summed E-state index contributed by atoms with van der Waals surface area (Å²) in [6, 6.07) is 9.97. The molecular formula is C16H18ClFN2O2S. The summed E-state index contributed by atoms with van der Waals surface area (Å²) in [6.07, 6.45) is 0. The zero-order chi connectivity index (χ0) is 15.7. The fraction of sp³-hybridized carbons (Fsp3) is 0.250. The van der Waals surface area contributed by atoms with Crippen molar-refractivity contribution < 1.29 is 12.8 Å². The lowest BCUT2D eigenvalue weighted by atomic mass is 10.1. The molecule has 0 fully saturated rings. The first-order valence-corrected chi connectivity index (χ1v) is 8.52. The Kier molecular flexibility index (Phi) is 5.41. The summed E-state index contributed by atoms with van der Waals surface area (Å²) in [7, 11) is -3.73. The van der Waals surface area contributed by atoms with Crippen molar-refractivity contribution in [3.05, 3.63) is 64.5 Å². The molecule has 0 radical (unpaired) electrons. The second kappa shape index (κ2) is 6.97. The summed E-state index contributed by atoms with van der Waals surface area (Å²) in [5, 5.41) is 3.25. The van der Waals surface area contributed by atoms with Gasteiger partial charge in [-0.25, -0.2) is 17.5 Å². The van der Waals surface area contributed by atoms with Crippen LogP contribution in [-0.4, -0.2) is 8.42 Å². The molecule has 0 aliphatic carbocycles. The van der Waals surface area contributed by atoms with Crippen LogP contribution in [0.4, 0.5) is 4.39 Å². The van der Waals surface area contributed by atoms with E-state index in [4.69, 9.17) is 0 Å².